The van der Waals surface area contributed by atoms with Crippen LogP contribution in [0.15, 0.2) is 36.7 Å². The molecule has 21 heavy (non-hydrogen) atoms. The first-order valence-corrected chi connectivity index (χ1v) is 6.77. The number of imidazole rings is 1. The molecule has 1 aromatic carbocycles. The number of fused-ring (bicyclic) bond motifs is 1. The summed E-state index contributed by atoms with van der Waals surface area (Å²) in [4.78, 5) is 16.5. The normalized spacial score (nSPS) is 10.9. The molecule has 0 aliphatic carbocycles. The number of nitrogens with one attached hydrogen (secondary N) is 1. The van der Waals surface area contributed by atoms with Crippen molar-refractivity contribution in [3.8, 4) is 0 Å². The lowest BCUT2D eigenvalue weighted by Gasteiger charge is -2.08. The molecule has 0 saturated carbocycles. The summed E-state index contributed by atoms with van der Waals surface area (Å²) in [6.45, 7) is 3.30. The molecule has 0 unspecified atom stereocenters. The van der Waals surface area contributed by atoms with Crippen LogP contribution in [0.4, 0.5) is 0 Å². The summed E-state index contributed by atoms with van der Waals surface area (Å²) in [6, 6.07) is 7.80. The lowest BCUT2D eigenvalue weighted by Crippen LogP contribution is -2.30. The molecule has 3 rings (SSSR count). The first kappa shape index (κ1) is 13.3. The Morgan fingerprint density at radius 2 is 2.19 bits per heavy atom. The third kappa shape index (κ3) is 2.91. The van der Waals surface area contributed by atoms with Crippen molar-refractivity contribution in [1.82, 2.24) is 29.9 Å². The summed E-state index contributed by atoms with van der Waals surface area (Å²) in [6.07, 6.45) is 3.38. The smallest absolute Gasteiger partial charge is 0.240 e. The number of hydrogen-bond donors (Lipinski definition) is 1. The zero-order chi connectivity index (χ0) is 14.7. The number of hydrogen-bond acceptors (Lipinski definition) is 4. The number of carbonyl (C=O) groups is 1. The van der Waals surface area contributed by atoms with Gasteiger partial charge in [-0.3, -0.25) is 9.48 Å². The molecule has 0 bridgehead atoms. The molecule has 1 amide bonds. The number of para-hydroxylation sites is 2. The number of benzene rings is 1. The van der Waals surface area contributed by atoms with E-state index in [1.54, 1.807) is 17.1 Å². The van der Waals surface area contributed by atoms with Gasteiger partial charge in [-0.05, 0) is 19.1 Å². The van der Waals surface area contributed by atoms with Crippen LogP contribution in [0.2, 0.25) is 0 Å². The minimum atomic E-state index is -0.0404. The number of rotatable bonds is 5. The van der Waals surface area contributed by atoms with Crippen molar-refractivity contribution in [2.45, 2.75) is 20.0 Å². The maximum atomic E-state index is 12.0. The van der Waals surface area contributed by atoms with Gasteiger partial charge in [-0.2, -0.15) is 0 Å². The number of amides is 1. The molecule has 3 aromatic rings. The van der Waals surface area contributed by atoms with Gasteiger partial charge in [0, 0.05) is 12.7 Å². The second kappa shape index (κ2) is 5.74. The van der Waals surface area contributed by atoms with E-state index in [0.29, 0.717) is 13.1 Å². The molecule has 0 spiro atoms. The molecular formula is C14H16N6O. The zero-order valence-corrected chi connectivity index (χ0v) is 11.7. The second-order valence-electron chi connectivity index (χ2n) is 4.75. The van der Waals surface area contributed by atoms with Crippen LogP contribution in [0.3, 0.4) is 0 Å². The minimum Gasteiger partial charge on any atom is -0.353 e. The van der Waals surface area contributed by atoms with E-state index < -0.39 is 0 Å². The van der Waals surface area contributed by atoms with Crippen LogP contribution in [0, 0.1) is 6.92 Å². The van der Waals surface area contributed by atoms with E-state index in [0.717, 1.165) is 16.9 Å². The molecule has 2 aromatic heterocycles. The van der Waals surface area contributed by atoms with Gasteiger partial charge >= 0.3 is 0 Å². The Morgan fingerprint density at radius 1 is 1.33 bits per heavy atom. The molecule has 7 heteroatoms. The fourth-order valence-corrected chi connectivity index (χ4v) is 2.26. The molecule has 7 nitrogen and oxygen atoms in total. The first-order chi connectivity index (χ1) is 10.2. The Morgan fingerprint density at radius 3 is 3.00 bits per heavy atom. The molecule has 0 saturated heterocycles. The van der Waals surface area contributed by atoms with Crippen molar-refractivity contribution in [1.29, 1.82) is 0 Å². The van der Waals surface area contributed by atoms with E-state index in [4.69, 9.17) is 0 Å². The molecule has 0 aliphatic heterocycles. The topological polar surface area (TPSA) is 77.6 Å². The van der Waals surface area contributed by atoms with Crippen LogP contribution < -0.4 is 5.32 Å². The molecular weight excluding hydrogens is 268 g/mol. The average molecular weight is 284 g/mol. The summed E-state index contributed by atoms with van der Waals surface area (Å²) in [5.41, 5.74) is 1.88. The highest BCUT2D eigenvalue weighted by atomic mass is 16.1. The monoisotopic (exact) mass is 284 g/mol. The van der Waals surface area contributed by atoms with Crippen molar-refractivity contribution >= 4 is 16.9 Å². The van der Waals surface area contributed by atoms with Gasteiger partial charge in [0.25, 0.3) is 0 Å². The fraction of sp³-hybridized carbons (Fsp3) is 0.286. The third-order valence-electron chi connectivity index (χ3n) is 3.28. The molecule has 1 N–H and O–H groups in total. The van der Waals surface area contributed by atoms with Crippen LogP contribution in [0.5, 0.6) is 0 Å². The Kier molecular flexibility index (Phi) is 3.63. The number of carbonyl (C=O) groups excluding carboxylic acids is 1. The number of aromatic nitrogens is 5. The maximum Gasteiger partial charge on any atom is 0.240 e. The summed E-state index contributed by atoms with van der Waals surface area (Å²) in [5, 5.41) is 10.4. The van der Waals surface area contributed by atoms with E-state index >= 15 is 0 Å². The molecule has 0 aliphatic rings. The van der Waals surface area contributed by atoms with Crippen molar-refractivity contribution < 1.29 is 4.79 Å². The summed E-state index contributed by atoms with van der Waals surface area (Å²) >= 11 is 0. The summed E-state index contributed by atoms with van der Waals surface area (Å²) in [5.74, 6) is 0.795. The second-order valence-corrected chi connectivity index (χ2v) is 4.75. The van der Waals surface area contributed by atoms with E-state index in [9.17, 15) is 4.79 Å². The molecule has 0 radical (unpaired) electrons. The van der Waals surface area contributed by atoms with Crippen LogP contribution in [0.1, 0.15) is 5.82 Å². The quantitative estimate of drug-likeness (QED) is 0.750. The predicted molar refractivity (Wildman–Crippen MR) is 77.5 cm³/mol. The average Bonchev–Trinajstić information content (AvgIpc) is 3.08. The lowest BCUT2D eigenvalue weighted by molar-refractivity contribution is -0.121. The van der Waals surface area contributed by atoms with E-state index in [1.807, 2.05) is 35.8 Å². The molecule has 0 fully saturated rings. The van der Waals surface area contributed by atoms with E-state index in [-0.39, 0.29) is 12.5 Å². The molecule has 0 atom stereocenters. The van der Waals surface area contributed by atoms with Crippen LogP contribution in [0.25, 0.3) is 11.0 Å². The SMILES string of the molecule is Cc1nc2ccccc2n1CC(=O)NCCn1ccnn1. The van der Waals surface area contributed by atoms with Crippen LogP contribution >= 0.6 is 0 Å². The van der Waals surface area contributed by atoms with Gasteiger partial charge in [-0.1, -0.05) is 17.3 Å². The predicted octanol–water partition coefficient (Wildman–Crippen LogP) is 0.753. The van der Waals surface area contributed by atoms with Gasteiger partial charge < -0.3 is 9.88 Å². The summed E-state index contributed by atoms with van der Waals surface area (Å²) < 4.78 is 3.60. The van der Waals surface area contributed by atoms with Gasteiger partial charge in [-0.15, -0.1) is 5.10 Å². The van der Waals surface area contributed by atoms with E-state index in [1.165, 1.54) is 0 Å². The van der Waals surface area contributed by atoms with Crippen molar-refractivity contribution in [2.75, 3.05) is 6.54 Å². The lowest BCUT2D eigenvalue weighted by atomic mass is 10.3. The number of nitrogens with zero attached hydrogens (tertiary/aromatic N) is 5. The highest BCUT2D eigenvalue weighted by molar-refractivity contribution is 5.81. The van der Waals surface area contributed by atoms with Gasteiger partial charge in [0.15, 0.2) is 0 Å². The largest absolute Gasteiger partial charge is 0.353 e. The molecule has 108 valence electrons. The zero-order valence-electron chi connectivity index (χ0n) is 11.7. The van der Waals surface area contributed by atoms with Gasteiger partial charge in [0.2, 0.25) is 5.91 Å². The minimum absolute atomic E-state index is 0.0404. The number of aryl methyl sites for hydroxylation is 1. The van der Waals surface area contributed by atoms with Crippen molar-refractivity contribution in [2.24, 2.45) is 0 Å². The Hall–Kier alpha value is -2.70. The van der Waals surface area contributed by atoms with Gasteiger partial charge in [-0.25, -0.2) is 4.98 Å². The Balaban J connectivity index is 1.62. The molecule has 2 heterocycles. The van der Waals surface area contributed by atoms with Crippen LogP contribution in [-0.2, 0) is 17.9 Å². The Labute approximate surface area is 121 Å². The highest BCUT2D eigenvalue weighted by Crippen LogP contribution is 2.14. The van der Waals surface area contributed by atoms with Crippen LogP contribution in [-0.4, -0.2) is 37.0 Å². The van der Waals surface area contributed by atoms with Crippen molar-refractivity contribution in [3.05, 3.63) is 42.5 Å². The first-order valence-electron chi connectivity index (χ1n) is 6.77. The summed E-state index contributed by atoms with van der Waals surface area (Å²) in [7, 11) is 0. The van der Waals surface area contributed by atoms with Gasteiger partial charge in [0.05, 0.1) is 23.8 Å². The van der Waals surface area contributed by atoms with Crippen molar-refractivity contribution in [3.63, 3.8) is 0 Å². The Bertz CT molecular complexity index is 746. The maximum absolute atomic E-state index is 12.0. The fourth-order valence-electron chi connectivity index (χ4n) is 2.26. The standard InChI is InChI=1S/C14H16N6O/c1-11-17-12-4-2-3-5-13(12)20(11)10-14(21)15-6-8-19-9-7-16-18-19/h2-5,7,9H,6,8,10H2,1H3,(H,15,21). The third-order valence-corrected chi connectivity index (χ3v) is 3.28. The van der Waals surface area contributed by atoms with Gasteiger partial charge in [0.1, 0.15) is 12.4 Å². The van der Waals surface area contributed by atoms with E-state index in [2.05, 4.69) is 20.6 Å². The highest BCUT2D eigenvalue weighted by Gasteiger charge is 2.10.